The zero-order valence-electron chi connectivity index (χ0n) is 45.9. The first-order chi connectivity index (χ1) is 40.6. The van der Waals surface area contributed by atoms with Gasteiger partial charge in [-0.1, -0.05) is 46.4 Å². The van der Waals surface area contributed by atoms with Gasteiger partial charge in [-0.25, -0.2) is 26.3 Å². The third kappa shape index (κ3) is 18.4. The number of rotatable bonds is 11. The summed E-state index contributed by atoms with van der Waals surface area (Å²) in [5, 5.41) is 4.66. The number of hydrogen-bond acceptors (Lipinski definition) is 8. The van der Waals surface area contributed by atoms with E-state index in [-0.39, 0.29) is 40.1 Å². The number of nitrogens with zero attached hydrogens (tertiary/aromatic N) is 5. The van der Waals surface area contributed by atoms with Crippen molar-refractivity contribution in [3.63, 3.8) is 0 Å². The molecular formula is C61H57Cl4F8IN10Sn. The van der Waals surface area contributed by atoms with Crippen LogP contribution < -0.4 is 20.8 Å². The Kier molecular flexibility index (Phi) is 25.9. The average molecular weight is 1470 g/mol. The molecule has 0 amide bonds. The van der Waals surface area contributed by atoms with Crippen LogP contribution in [0.5, 0.6) is 0 Å². The number of hydrogen-bond donors (Lipinski definition) is 5. The molecule has 0 saturated carbocycles. The molecule has 0 radical (unpaired) electrons. The molecule has 0 spiro atoms. The van der Waals surface area contributed by atoms with E-state index in [1.54, 1.807) is 54.9 Å². The topological polar surface area (TPSA) is 174 Å². The number of nitrogens with two attached hydrogens (primary N) is 3. The third-order valence-corrected chi connectivity index (χ3v) is 30.6. The van der Waals surface area contributed by atoms with Crippen LogP contribution in [0, 0.1) is 50.1 Å². The Labute approximate surface area is 523 Å². The van der Waals surface area contributed by atoms with Crippen LogP contribution in [-0.2, 0) is 0 Å². The van der Waals surface area contributed by atoms with Crippen LogP contribution in [0.1, 0.15) is 59.3 Å². The van der Waals surface area contributed by atoms with Gasteiger partial charge in [0, 0.05) is 73.7 Å². The smallest absolute Gasteiger partial charge is 0.152 e. The minimum absolute atomic E-state index is 0.213. The predicted octanol–water partition coefficient (Wildman–Crippen LogP) is 19.2. The largest absolute Gasteiger partial charge is 0.398 e. The number of fused-ring (bicyclic) bond motifs is 6. The fraction of sp³-hybridized carbons (Fsp3) is 0.197. The molecule has 11 rings (SSSR count). The second kappa shape index (κ2) is 32.5. The summed E-state index contributed by atoms with van der Waals surface area (Å²) in [5.74, 6) is -4.31. The van der Waals surface area contributed by atoms with Crippen molar-refractivity contribution < 1.29 is 35.1 Å². The van der Waals surface area contributed by atoms with E-state index in [1.165, 1.54) is 36.9 Å². The molecule has 0 aliphatic heterocycles. The molecule has 85 heavy (non-hydrogen) atoms. The minimum Gasteiger partial charge on any atom is -0.398 e. The monoisotopic (exact) mass is 1470 g/mol. The van der Waals surface area contributed by atoms with E-state index in [0.29, 0.717) is 57.0 Å². The number of anilines is 3. The van der Waals surface area contributed by atoms with E-state index in [9.17, 15) is 35.1 Å². The van der Waals surface area contributed by atoms with Gasteiger partial charge >= 0.3 is 132 Å². The standard InChI is InChI=1S/C11H7ClF2N2.C11H7ClFN3.C11H6ClFN2.C6H5ClIN.C5H3F2N.C5H2F2N.3C4H9.Sn/c12-6-1-2-10(15)7(3-6)11-8(13)4-16-5-9(11)14;12-5-1-6-10-7(13)3-15-4-9(10)16-11(6)8(14)2-5;12-6-1-2-9-7(3-6)11-8(13)4-14-5-10(11)15-9;7-4-1-2-6(9)5(8)3-4;2*6-4-1-5(7)3-8-2-4;3*1-3-4-2;/h1-5H,15H2;1-4,16H,14H2;1-5,15H;1-3H,9H2;1-3H;2-3H;3*1,3-4H2,2H3;. The maximum absolute atomic E-state index is 14.4. The Bertz CT molecular complexity index is 3950. The number of aromatic nitrogens is 7. The fourth-order valence-electron chi connectivity index (χ4n) is 9.20. The molecule has 24 heteroatoms. The second-order valence-electron chi connectivity index (χ2n) is 19.2. The maximum atomic E-state index is 14.4. The van der Waals surface area contributed by atoms with Crippen molar-refractivity contribution >= 4 is 152 Å². The van der Waals surface area contributed by atoms with Crippen LogP contribution >= 0.6 is 69.0 Å². The first-order valence-electron chi connectivity index (χ1n) is 26.4. The summed E-state index contributed by atoms with van der Waals surface area (Å²) in [4.78, 5) is 24.0. The Balaban J connectivity index is 0.000000167. The van der Waals surface area contributed by atoms with Gasteiger partial charge < -0.3 is 27.2 Å². The van der Waals surface area contributed by atoms with Crippen molar-refractivity contribution in [1.82, 2.24) is 34.9 Å². The van der Waals surface area contributed by atoms with E-state index in [0.717, 1.165) is 108 Å². The van der Waals surface area contributed by atoms with Gasteiger partial charge in [0.25, 0.3) is 0 Å². The number of aromatic amines is 2. The van der Waals surface area contributed by atoms with Gasteiger partial charge in [0.05, 0.1) is 77.4 Å². The van der Waals surface area contributed by atoms with Crippen LogP contribution in [0.3, 0.4) is 0 Å². The molecule has 10 nitrogen and oxygen atoms in total. The van der Waals surface area contributed by atoms with Crippen molar-refractivity contribution in [3.8, 4) is 11.1 Å². The van der Waals surface area contributed by atoms with Gasteiger partial charge in [-0.3, -0.25) is 19.9 Å². The molecule has 4 aromatic carbocycles. The molecule has 11 aromatic rings. The third-order valence-electron chi connectivity index (χ3n) is 13.2. The Morgan fingerprint density at radius 2 is 0.871 bits per heavy atom. The summed E-state index contributed by atoms with van der Waals surface area (Å²) >= 11 is 22.3. The van der Waals surface area contributed by atoms with Gasteiger partial charge in [0.2, 0.25) is 0 Å². The summed E-state index contributed by atoms with van der Waals surface area (Å²) in [5.41, 5.74) is 21.4. The van der Waals surface area contributed by atoms with Gasteiger partial charge in [0.15, 0.2) is 23.3 Å². The fourth-order valence-corrected chi connectivity index (χ4v) is 27.0. The second-order valence-corrected chi connectivity index (χ2v) is 35.1. The Morgan fingerprint density at radius 1 is 0.435 bits per heavy atom. The number of H-pyrrole nitrogens is 2. The van der Waals surface area contributed by atoms with Crippen LogP contribution in [0.2, 0.25) is 33.4 Å². The molecule has 8 N–H and O–H groups in total. The van der Waals surface area contributed by atoms with Crippen LogP contribution in [0.25, 0.3) is 54.7 Å². The summed E-state index contributed by atoms with van der Waals surface area (Å²) in [7, 11) is 0. The Hall–Kier alpha value is -6.24. The van der Waals surface area contributed by atoms with Gasteiger partial charge in [0.1, 0.15) is 11.6 Å². The van der Waals surface area contributed by atoms with E-state index >= 15 is 0 Å². The number of nitrogen functional groups attached to an aromatic ring is 3. The predicted molar refractivity (Wildman–Crippen MR) is 342 cm³/mol. The van der Waals surface area contributed by atoms with Gasteiger partial charge in [-0.05, 0) is 89.3 Å². The SMILES string of the molecule is CCC[CH2][Sn]([CH2]CCC)([CH2]CCC)[c]1c(F)cncc1F.Fc1cncc(F)c1.Fc1cncc2[nH]c3ccc(Cl)cc3c12.Nc1cc(Cl)cc2c1[nH]c1cncc(F)c12.Nc1ccc(Cl)cc1-c1c(F)cncc1F.Nc1ccc(Cl)cc1I. The normalized spacial score (nSPS) is 10.9. The molecule has 0 aliphatic rings. The molecular weight excluding hydrogens is 1410 g/mol. The zero-order chi connectivity index (χ0) is 62.0. The Morgan fingerprint density at radius 3 is 1.38 bits per heavy atom. The van der Waals surface area contributed by atoms with Gasteiger partial charge in [-0.2, -0.15) is 0 Å². The maximum Gasteiger partial charge on any atom is 0.152 e. The van der Waals surface area contributed by atoms with E-state index in [2.05, 4.69) is 78.2 Å². The number of benzene rings is 4. The average Bonchev–Trinajstić information content (AvgIpc) is 4.25. The van der Waals surface area contributed by atoms with Crippen molar-refractivity contribution in [2.75, 3.05) is 17.2 Å². The summed E-state index contributed by atoms with van der Waals surface area (Å²) in [6, 6.07) is 19.3. The van der Waals surface area contributed by atoms with E-state index in [1.807, 2.05) is 12.1 Å². The molecule has 0 unspecified atom stereocenters. The van der Waals surface area contributed by atoms with Gasteiger partial charge in [-0.15, -0.1) is 0 Å². The summed E-state index contributed by atoms with van der Waals surface area (Å²) in [6.45, 7) is 6.49. The first kappa shape index (κ1) is 67.9. The van der Waals surface area contributed by atoms with E-state index < -0.39 is 41.6 Å². The van der Waals surface area contributed by atoms with Crippen molar-refractivity contribution in [2.24, 2.45) is 0 Å². The first-order valence-corrected chi connectivity index (χ1v) is 36.5. The molecule has 7 heterocycles. The van der Waals surface area contributed by atoms with E-state index in [4.69, 9.17) is 63.6 Å². The molecule has 0 bridgehead atoms. The quantitative estimate of drug-likeness (QED) is 0.0368. The summed E-state index contributed by atoms with van der Waals surface area (Å²) in [6.07, 6.45) is 18.3. The molecule has 0 aliphatic carbocycles. The van der Waals surface area contributed by atoms with Crippen LogP contribution in [0.4, 0.5) is 52.2 Å². The number of unbranched alkanes of at least 4 members (excludes halogenated alkanes) is 3. The summed E-state index contributed by atoms with van der Waals surface area (Å²) < 4.78 is 111. The molecule has 0 atom stereocenters. The van der Waals surface area contributed by atoms with Crippen LogP contribution in [0.15, 0.2) is 135 Å². The van der Waals surface area contributed by atoms with Crippen molar-refractivity contribution in [3.05, 3.63) is 205 Å². The molecule has 446 valence electrons. The minimum atomic E-state index is -3.01. The molecule has 7 aromatic heterocycles. The zero-order valence-corrected chi connectivity index (χ0v) is 54.0. The number of nitrogens with one attached hydrogen (secondary N) is 2. The van der Waals surface area contributed by atoms with Crippen molar-refractivity contribution in [1.29, 1.82) is 0 Å². The van der Waals surface area contributed by atoms with Crippen molar-refractivity contribution in [2.45, 2.75) is 72.6 Å². The van der Waals surface area contributed by atoms with Crippen LogP contribution in [-0.4, -0.2) is 53.3 Å². The molecule has 0 fully saturated rings. The molecule has 0 saturated heterocycles. The number of pyridine rings is 5. The number of halogens is 13.